The molecule has 0 aliphatic carbocycles. The third-order valence-electron chi connectivity index (χ3n) is 1.64. The summed E-state index contributed by atoms with van der Waals surface area (Å²) in [6.07, 6.45) is 4.02. The van der Waals surface area contributed by atoms with Crippen LogP contribution in [0.1, 0.15) is 34.6 Å². The van der Waals surface area contributed by atoms with Crippen LogP contribution in [0.15, 0.2) is 29.7 Å². The Labute approximate surface area is 81.7 Å². The minimum atomic E-state index is 0.440. The molecule has 0 aromatic carbocycles. The first-order valence-electron chi connectivity index (χ1n) is 4.82. The first kappa shape index (κ1) is 11.9. The Bertz CT molecular complexity index is 224. The van der Waals surface area contributed by atoms with E-state index in [1.165, 1.54) is 0 Å². The maximum atomic E-state index is 4.25. The Hall–Kier alpha value is -1.05. The van der Waals surface area contributed by atoms with Crippen LogP contribution in [-0.4, -0.2) is 16.7 Å². The van der Waals surface area contributed by atoms with Gasteiger partial charge in [-0.25, -0.2) is 4.99 Å². The zero-order valence-electron chi connectivity index (χ0n) is 9.33. The second-order valence-corrected chi connectivity index (χ2v) is 2.99. The predicted molar refractivity (Wildman–Crippen MR) is 59.7 cm³/mol. The summed E-state index contributed by atoms with van der Waals surface area (Å²) in [7, 11) is 0. The van der Waals surface area contributed by atoms with Crippen LogP contribution in [0.5, 0.6) is 0 Å². The molecule has 74 valence electrons. The third-order valence-corrected chi connectivity index (χ3v) is 1.64. The molecule has 0 spiro atoms. The van der Waals surface area contributed by atoms with Crippen LogP contribution < -0.4 is 0 Å². The lowest BCUT2D eigenvalue weighted by Crippen LogP contribution is -2.25. The molecule has 0 atom stereocenters. The average molecular weight is 180 g/mol. The first-order chi connectivity index (χ1) is 6.11. The quantitative estimate of drug-likeness (QED) is 0.605. The highest BCUT2D eigenvalue weighted by molar-refractivity contribution is 5.94. The summed E-state index contributed by atoms with van der Waals surface area (Å²) in [5.41, 5.74) is 1.02. The van der Waals surface area contributed by atoms with E-state index in [0.29, 0.717) is 6.04 Å². The van der Waals surface area contributed by atoms with E-state index < -0.39 is 0 Å². The number of allylic oxidation sites excluding steroid dienone is 1. The third kappa shape index (κ3) is 3.45. The second-order valence-electron chi connectivity index (χ2n) is 2.99. The fourth-order valence-corrected chi connectivity index (χ4v) is 1.04. The van der Waals surface area contributed by atoms with Gasteiger partial charge in [-0.3, -0.25) is 0 Å². The average Bonchev–Trinajstić information content (AvgIpc) is 2.07. The van der Waals surface area contributed by atoms with Gasteiger partial charge in [-0.15, -0.1) is 0 Å². The van der Waals surface area contributed by atoms with E-state index in [2.05, 4.69) is 25.4 Å². The fraction of sp³-hybridized carbons (Fsp3) is 0.545. The molecule has 0 bridgehead atoms. The standard InChI is InChI=1S/C9H14N2.C2H6/c1-7(2)11-6-5-8(3)10-9(11)4;1-2/h5-7H,4H2,1-3H3;1-2H3. The largest absolute Gasteiger partial charge is 0.331 e. The fourth-order valence-electron chi connectivity index (χ4n) is 1.04. The number of aliphatic imine (C=N–C) groups is 1. The molecule has 0 saturated carbocycles. The Morgan fingerprint density at radius 2 is 1.92 bits per heavy atom. The van der Waals surface area contributed by atoms with Gasteiger partial charge in [0.2, 0.25) is 0 Å². The lowest BCUT2D eigenvalue weighted by atomic mass is 10.3. The molecule has 0 amide bonds. The lowest BCUT2D eigenvalue weighted by molar-refractivity contribution is 0.380. The molecular weight excluding hydrogens is 160 g/mol. The van der Waals surface area contributed by atoms with Crippen LogP contribution in [-0.2, 0) is 0 Å². The summed E-state index contributed by atoms with van der Waals surface area (Å²) < 4.78 is 0. The van der Waals surface area contributed by atoms with Crippen molar-refractivity contribution in [2.24, 2.45) is 4.99 Å². The topological polar surface area (TPSA) is 15.6 Å². The van der Waals surface area contributed by atoms with Crippen LogP contribution in [0.3, 0.4) is 0 Å². The van der Waals surface area contributed by atoms with E-state index in [9.17, 15) is 0 Å². The first-order valence-corrected chi connectivity index (χ1v) is 4.82. The van der Waals surface area contributed by atoms with Gasteiger partial charge in [-0.05, 0) is 26.8 Å². The van der Waals surface area contributed by atoms with Crippen LogP contribution in [0.2, 0.25) is 0 Å². The molecule has 0 unspecified atom stereocenters. The number of nitrogens with zero attached hydrogens (tertiary/aromatic N) is 2. The summed E-state index contributed by atoms with van der Waals surface area (Å²) in [6, 6.07) is 0.440. The van der Waals surface area contributed by atoms with Gasteiger partial charge in [-0.1, -0.05) is 20.4 Å². The number of hydrogen-bond acceptors (Lipinski definition) is 2. The molecule has 1 aliphatic rings. The summed E-state index contributed by atoms with van der Waals surface area (Å²) in [6.45, 7) is 14.1. The summed E-state index contributed by atoms with van der Waals surface area (Å²) in [4.78, 5) is 6.30. The van der Waals surface area contributed by atoms with Crippen LogP contribution in [0, 0.1) is 0 Å². The van der Waals surface area contributed by atoms with Gasteiger partial charge in [0.1, 0.15) is 5.82 Å². The zero-order valence-corrected chi connectivity index (χ0v) is 9.33. The van der Waals surface area contributed by atoms with Crippen molar-refractivity contribution < 1.29 is 0 Å². The van der Waals surface area contributed by atoms with Gasteiger partial charge in [0.05, 0.1) is 0 Å². The van der Waals surface area contributed by atoms with Crippen molar-refractivity contribution in [1.82, 2.24) is 4.90 Å². The molecular formula is C11H20N2. The Balaban J connectivity index is 0.000000671. The Kier molecular flexibility index (Phi) is 5.12. The van der Waals surface area contributed by atoms with E-state index >= 15 is 0 Å². The molecule has 0 N–H and O–H groups in total. The van der Waals surface area contributed by atoms with Gasteiger partial charge >= 0.3 is 0 Å². The Morgan fingerprint density at radius 3 is 2.31 bits per heavy atom. The van der Waals surface area contributed by atoms with Crippen molar-refractivity contribution >= 4 is 5.71 Å². The molecule has 0 fully saturated rings. The summed E-state index contributed by atoms with van der Waals surface area (Å²) in [5, 5.41) is 0. The molecule has 1 aliphatic heterocycles. The van der Waals surface area contributed by atoms with Crippen molar-refractivity contribution in [2.45, 2.75) is 40.7 Å². The van der Waals surface area contributed by atoms with Crippen molar-refractivity contribution in [1.29, 1.82) is 0 Å². The minimum absolute atomic E-state index is 0.440. The van der Waals surface area contributed by atoms with Crippen LogP contribution in [0.25, 0.3) is 0 Å². The highest BCUT2D eigenvalue weighted by atomic mass is 15.2. The van der Waals surface area contributed by atoms with Crippen molar-refractivity contribution in [3.8, 4) is 0 Å². The van der Waals surface area contributed by atoms with Crippen molar-refractivity contribution in [2.75, 3.05) is 0 Å². The van der Waals surface area contributed by atoms with Crippen molar-refractivity contribution in [3.05, 3.63) is 24.7 Å². The number of rotatable bonds is 1. The molecule has 2 heteroatoms. The van der Waals surface area contributed by atoms with E-state index in [0.717, 1.165) is 11.5 Å². The van der Waals surface area contributed by atoms with E-state index in [-0.39, 0.29) is 0 Å². The molecule has 2 nitrogen and oxygen atoms in total. The normalized spacial score (nSPS) is 15.4. The van der Waals surface area contributed by atoms with Gasteiger partial charge in [0.25, 0.3) is 0 Å². The van der Waals surface area contributed by atoms with Gasteiger partial charge in [0.15, 0.2) is 0 Å². The summed E-state index contributed by atoms with van der Waals surface area (Å²) in [5.74, 6) is 0.833. The van der Waals surface area contributed by atoms with Gasteiger partial charge in [0, 0.05) is 18.0 Å². The van der Waals surface area contributed by atoms with Gasteiger partial charge in [-0.2, -0.15) is 0 Å². The van der Waals surface area contributed by atoms with Crippen molar-refractivity contribution in [3.63, 3.8) is 0 Å². The zero-order chi connectivity index (χ0) is 10.4. The SMILES string of the molecule is C=C1N=C(C)C=CN1C(C)C.CC. The maximum absolute atomic E-state index is 4.25. The molecule has 0 aromatic rings. The second kappa shape index (κ2) is 5.57. The molecule has 1 rings (SSSR count). The van der Waals surface area contributed by atoms with Crippen LogP contribution >= 0.6 is 0 Å². The number of hydrogen-bond donors (Lipinski definition) is 0. The highest BCUT2D eigenvalue weighted by Crippen LogP contribution is 2.13. The van der Waals surface area contributed by atoms with Crippen LogP contribution in [0.4, 0.5) is 0 Å². The maximum Gasteiger partial charge on any atom is 0.125 e. The van der Waals surface area contributed by atoms with E-state index in [1.54, 1.807) is 0 Å². The molecule has 0 aromatic heterocycles. The van der Waals surface area contributed by atoms with E-state index in [1.807, 2.05) is 37.9 Å². The highest BCUT2D eigenvalue weighted by Gasteiger charge is 2.10. The smallest absolute Gasteiger partial charge is 0.125 e. The predicted octanol–water partition coefficient (Wildman–Crippen LogP) is 3.18. The molecule has 0 saturated heterocycles. The molecule has 13 heavy (non-hydrogen) atoms. The molecule has 0 radical (unpaired) electrons. The van der Waals surface area contributed by atoms with E-state index in [4.69, 9.17) is 0 Å². The monoisotopic (exact) mass is 180 g/mol. The lowest BCUT2D eigenvalue weighted by Gasteiger charge is -2.26. The Morgan fingerprint density at radius 1 is 1.38 bits per heavy atom. The summed E-state index contributed by atoms with van der Waals surface area (Å²) >= 11 is 0. The molecule has 1 heterocycles. The minimum Gasteiger partial charge on any atom is -0.331 e. The van der Waals surface area contributed by atoms with Gasteiger partial charge < -0.3 is 4.90 Å².